The Morgan fingerprint density at radius 1 is 1.05 bits per heavy atom. The molecule has 2 fully saturated rings. The number of nitrogens with zero attached hydrogens (tertiary/aromatic N) is 3. The Morgan fingerprint density at radius 2 is 1.83 bits per heavy atom. The molecule has 2 amide bonds. The van der Waals surface area contributed by atoms with E-state index in [1.807, 2.05) is 32.9 Å². The largest absolute Gasteiger partial charge is 0.497 e. The van der Waals surface area contributed by atoms with Gasteiger partial charge in [0.05, 0.1) is 31.8 Å². The first-order valence-electron chi connectivity index (χ1n) is 14.1. The van der Waals surface area contributed by atoms with E-state index in [9.17, 15) is 14.4 Å². The van der Waals surface area contributed by atoms with Gasteiger partial charge in [-0.05, 0) is 49.1 Å². The van der Waals surface area contributed by atoms with Gasteiger partial charge in [0.1, 0.15) is 35.7 Å². The molecule has 1 aromatic heterocycles. The highest BCUT2D eigenvalue weighted by atomic mass is 16.6. The molecule has 1 saturated heterocycles. The summed E-state index contributed by atoms with van der Waals surface area (Å²) in [6, 6.07) is 3.69. The van der Waals surface area contributed by atoms with Gasteiger partial charge in [-0.3, -0.25) is 4.79 Å². The van der Waals surface area contributed by atoms with Crippen molar-refractivity contribution in [3.8, 4) is 11.6 Å². The van der Waals surface area contributed by atoms with Crippen molar-refractivity contribution in [2.75, 3.05) is 20.8 Å². The van der Waals surface area contributed by atoms with E-state index in [0.717, 1.165) is 24.8 Å². The van der Waals surface area contributed by atoms with Gasteiger partial charge in [-0.2, -0.15) is 0 Å². The van der Waals surface area contributed by atoms with Gasteiger partial charge in [-0.1, -0.05) is 32.9 Å². The fourth-order valence-electron chi connectivity index (χ4n) is 5.57. The maximum atomic E-state index is 13.9. The van der Waals surface area contributed by atoms with E-state index in [0.29, 0.717) is 35.2 Å². The second-order valence-electron chi connectivity index (χ2n) is 12.0. The molecule has 11 nitrogen and oxygen atoms in total. The molecule has 1 aliphatic carbocycles. The minimum Gasteiger partial charge on any atom is -0.497 e. The van der Waals surface area contributed by atoms with Crippen LogP contribution in [0.5, 0.6) is 11.6 Å². The predicted octanol–water partition coefficient (Wildman–Crippen LogP) is 3.58. The Bertz CT molecular complexity index is 1350. The molecule has 1 aromatic carbocycles. The number of fused-ring (bicyclic) bond motifs is 7. The van der Waals surface area contributed by atoms with Crippen LogP contribution in [0.1, 0.15) is 52.1 Å². The SMILES string of the molecule is COC(=O)[C@@H]1C[C@@H]2CN1C(=O)[C@H](C(C)(C)C)NC(=O)OC1CC(/C=C/CCc3nc4ccc(OC)cc4nc3O2)C1. The van der Waals surface area contributed by atoms with Gasteiger partial charge >= 0.3 is 12.1 Å². The van der Waals surface area contributed by atoms with Crippen LogP contribution >= 0.6 is 0 Å². The van der Waals surface area contributed by atoms with Crippen LogP contribution in [0, 0.1) is 11.3 Å². The van der Waals surface area contributed by atoms with Crippen molar-refractivity contribution < 1.29 is 33.3 Å². The van der Waals surface area contributed by atoms with E-state index >= 15 is 0 Å². The summed E-state index contributed by atoms with van der Waals surface area (Å²) in [5.74, 6) is 0.379. The summed E-state index contributed by atoms with van der Waals surface area (Å²) in [7, 11) is 2.88. The van der Waals surface area contributed by atoms with Gasteiger partial charge in [0.15, 0.2) is 0 Å². The molecule has 6 rings (SSSR count). The highest BCUT2D eigenvalue weighted by molar-refractivity contribution is 5.91. The molecule has 4 bridgehead atoms. The highest BCUT2D eigenvalue weighted by Crippen LogP contribution is 2.33. The third kappa shape index (κ3) is 6.23. The lowest BCUT2D eigenvalue weighted by Crippen LogP contribution is -2.57. The number of esters is 1. The van der Waals surface area contributed by atoms with E-state index in [-0.39, 0.29) is 19.1 Å². The van der Waals surface area contributed by atoms with Crippen LogP contribution in [0.15, 0.2) is 30.4 Å². The van der Waals surface area contributed by atoms with Gasteiger partial charge in [0.25, 0.3) is 0 Å². The van der Waals surface area contributed by atoms with E-state index < -0.39 is 41.6 Å². The number of alkyl carbamates (subject to hydrolysis) is 1. The number of methoxy groups -OCH3 is 2. The van der Waals surface area contributed by atoms with E-state index in [1.165, 1.54) is 12.0 Å². The van der Waals surface area contributed by atoms with Crippen LogP contribution in [-0.4, -0.2) is 77.9 Å². The molecule has 2 aromatic rings. The number of ether oxygens (including phenoxy) is 4. The monoisotopic (exact) mass is 566 g/mol. The molecule has 1 saturated carbocycles. The first-order chi connectivity index (χ1) is 19.5. The molecule has 0 radical (unpaired) electrons. The molecule has 1 N–H and O–H groups in total. The average molecular weight is 567 g/mol. The van der Waals surface area contributed by atoms with E-state index in [1.54, 1.807) is 13.2 Å². The zero-order valence-electron chi connectivity index (χ0n) is 24.2. The van der Waals surface area contributed by atoms with Crippen molar-refractivity contribution in [3.05, 3.63) is 36.0 Å². The van der Waals surface area contributed by atoms with Crippen molar-refractivity contribution in [3.63, 3.8) is 0 Å². The molecule has 220 valence electrons. The summed E-state index contributed by atoms with van der Waals surface area (Å²) >= 11 is 0. The van der Waals surface area contributed by atoms with Crippen LogP contribution in [0.3, 0.4) is 0 Å². The Hall–Kier alpha value is -3.89. The van der Waals surface area contributed by atoms with Crippen molar-refractivity contribution in [1.29, 1.82) is 0 Å². The minimum atomic E-state index is -0.931. The summed E-state index contributed by atoms with van der Waals surface area (Å²) in [6.45, 7) is 5.68. The molecular formula is C30H38N4O7. The smallest absolute Gasteiger partial charge is 0.408 e. The summed E-state index contributed by atoms with van der Waals surface area (Å²) in [6.07, 6.45) is 5.85. The first-order valence-corrected chi connectivity index (χ1v) is 14.1. The van der Waals surface area contributed by atoms with Gasteiger partial charge in [0, 0.05) is 12.5 Å². The number of carbonyl (C=O) groups is 3. The number of hydrogen-bond donors (Lipinski definition) is 1. The number of benzene rings is 1. The van der Waals surface area contributed by atoms with Crippen LogP contribution in [0.2, 0.25) is 0 Å². The topological polar surface area (TPSA) is 129 Å². The van der Waals surface area contributed by atoms with Gasteiger partial charge in [-0.25, -0.2) is 19.6 Å². The number of amides is 2. The fraction of sp³-hybridized carbons (Fsp3) is 0.567. The summed E-state index contributed by atoms with van der Waals surface area (Å²) in [5.41, 5.74) is 1.38. The maximum absolute atomic E-state index is 13.9. The Morgan fingerprint density at radius 3 is 2.54 bits per heavy atom. The van der Waals surface area contributed by atoms with Crippen LogP contribution in [-0.2, 0) is 25.5 Å². The van der Waals surface area contributed by atoms with Crippen molar-refractivity contribution >= 4 is 29.0 Å². The highest BCUT2D eigenvalue weighted by Gasteiger charge is 2.47. The minimum absolute atomic E-state index is 0.114. The number of carbonyl (C=O) groups excluding carboxylic acids is 3. The number of rotatable bonds is 2. The molecule has 3 aliphatic heterocycles. The van der Waals surface area contributed by atoms with Crippen LogP contribution in [0.25, 0.3) is 11.0 Å². The first kappa shape index (κ1) is 28.6. The third-order valence-electron chi connectivity index (χ3n) is 7.94. The van der Waals surface area contributed by atoms with Gasteiger partial charge in [-0.15, -0.1) is 0 Å². The number of nitrogens with one attached hydrogen (secondary N) is 1. The molecule has 0 spiro atoms. The Labute approximate surface area is 239 Å². The molecule has 4 heterocycles. The molecular weight excluding hydrogens is 528 g/mol. The quantitative estimate of drug-likeness (QED) is 0.428. The van der Waals surface area contributed by atoms with Gasteiger partial charge < -0.3 is 29.2 Å². The number of aromatic nitrogens is 2. The predicted molar refractivity (Wildman–Crippen MR) is 149 cm³/mol. The Kier molecular flexibility index (Phi) is 8.06. The normalized spacial score (nSPS) is 27.7. The number of aryl methyl sites for hydroxylation is 1. The van der Waals surface area contributed by atoms with Crippen molar-refractivity contribution in [2.24, 2.45) is 11.3 Å². The lowest BCUT2D eigenvalue weighted by atomic mass is 9.82. The van der Waals surface area contributed by atoms with E-state index in [2.05, 4.69) is 17.5 Å². The lowest BCUT2D eigenvalue weighted by molar-refractivity contribution is -0.152. The van der Waals surface area contributed by atoms with Gasteiger partial charge in [0.2, 0.25) is 11.8 Å². The summed E-state index contributed by atoms with van der Waals surface area (Å²) in [5, 5.41) is 2.78. The molecule has 41 heavy (non-hydrogen) atoms. The standard InChI is InChI=1S/C30H38N4O7/c1-30(2,3)25-27(35)34-16-20(15-24(34)28(36)39-5)40-26-22(31-21-11-10-18(38-4)14-23(21)32-26)9-7-6-8-17-12-19(13-17)41-29(37)33-25/h6,8,10-11,14,17,19-20,24-25H,7,9,12-13,15-16H2,1-5H3,(H,33,37)/b8-6+/t17?,19?,20-,24+,25-/m1/s1. The number of hydrogen-bond acceptors (Lipinski definition) is 9. The van der Waals surface area contributed by atoms with Crippen LogP contribution < -0.4 is 14.8 Å². The average Bonchev–Trinajstić information content (AvgIpc) is 3.34. The molecule has 11 heteroatoms. The molecule has 0 unspecified atom stereocenters. The zero-order valence-corrected chi connectivity index (χ0v) is 24.2. The van der Waals surface area contributed by atoms with Crippen molar-refractivity contribution in [2.45, 2.75) is 77.2 Å². The lowest BCUT2D eigenvalue weighted by Gasteiger charge is -2.36. The third-order valence-corrected chi connectivity index (χ3v) is 7.94. The number of allylic oxidation sites excluding steroid dienone is 2. The van der Waals surface area contributed by atoms with E-state index in [4.69, 9.17) is 28.9 Å². The molecule has 3 atom stereocenters. The zero-order chi connectivity index (χ0) is 29.3. The second-order valence-corrected chi connectivity index (χ2v) is 12.0. The second kappa shape index (κ2) is 11.5. The summed E-state index contributed by atoms with van der Waals surface area (Å²) in [4.78, 5) is 50.7. The summed E-state index contributed by atoms with van der Waals surface area (Å²) < 4.78 is 22.4. The van der Waals surface area contributed by atoms with Crippen molar-refractivity contribution in [1.82, 2.24) is 20.2 Å². The maximum Gasteiger partial charge on any atom is 0.408 e. The van der Waals surface area contributed by atoms with Crippen LogP contribution in [0.4, 0.5) is 4.79 Å². The molecule has 4 aliphatic rings. The fourth-order valence-corrected chi connectivity index (χ4v) is 5.57. The Balaban J connectivity index is 1.51.